The summed E-state index contributed by atoms with van der Waals surface area (Å²) in [4.78, 5) is 14.3. The molecule has 0 fully saturated rings. The van der Waals surface area contributed by atoms with Gasteiger partial charge in [0, 0.05) is 17.0 Å². The minimum atomic E-state index is -0.738. The van der Waals surface area contributed by atoms with Crippen molar-refractivity contribution >= 4 is 17.2 Å². The Kier molecular flexibility index (Phi) is 2.86. The molecule has 1 aromatic heterocycles. The minimum absolute atomic E-state index is 0.125. The lowest BCUT2D eigenvalue weighted by Gasteiger charge is -2.03. The van der Waals surface area contributed by atoms with E-state index >= 15 is 0 Å². The Bertz CT molecular complexity index is 821. The highest BCUT2D eigenvalue weighted by Crippen LogP contribution is 2.32. The molecule has 0 saturated carbocycles. The second-order valence-corrected chi connectivity index (χ2v) is 4.66. The van der Waals surface area contributed by atoms with Crippen LogP contribution in [0.5, 0.6) is 0 Å². The van der Waals surface area contributed by atoms with Crippen LogP contribution in [0.4, 0.5) is 8.78 Å². The van der Waals surface area contributed by atoms with Crippen LogP contribution in [0, 0.1) is 18.6 Å². The Morgan fingerprint density at radius 3 is 2.60 bits per heavy atom. The van der Waals surface area contributed by atoms with Gasteiger partial charge in [0.05, 0.1) is 16.8 Å². The molecule has 0 amide bonds. The van der Waals surface area contributed by atoms with Crippen molar-refractivity contribution in [1.29, 1.82) is 0 Å². The average molecular weight is 271 g/mol. The Balaban J connectivity index is 2.40. The maximum absolute atomic E-state index is 13.9. The van der Waals surface area contributed by atoms with Crippen molar-refractivity contribution in [2.45, 2.75) is 6.92 Å². The van der Waals surface area contributed by atoms with Gasteiger partial charge in [-0.05, 0) is 18.6 Å². The molecule has 0 atom stereocenters. The topological polar surface area (TPSA) is 32.9 Å². The van der Waals surface area contributed by atoms with E-state index in [9.17, 15) is 13.6 Å². The summed E-state index contributed by atoms with van der Waals surface area (Å²) in [6, 6.07) is 9.41. The number of aryl methyl sites for hydroxylation is 1. The number of hydrogen-bond acceptors (Lipinski definition) is 1. The van der Waals surface area contributed by atoms with Gasteiger partial charge in [-0.15, -0.1) is 0 Å². The smallest absolute Gasteiger partial charge is 0.152 e. The fourth-order valence-electron chi connectivity index (χ4n) is 2.46. The molecule has 0 unspecified atom stereocenters. The fraction of sp³-hybridized carbons (Fsp3) is 0.0625. The largest absolute Gasteiger partial charge is 0.354 e. The lowest BCUT2D eigenvalue weighted by Crippen LogP contribution is -1.88. The van der Waals surface area contributed by atoms with Gasteiger partial charge in [0.15, 0.2) is 6.29 Å². The highest BCUT2D eigenvalue weighted by molar-refractivity contribution is 6.04. The molecule has 0 aliphatic heterocycles. The molecule has 2 aromatic carbocycles. The Hall–Kier alpha value is -2.49. The number of aldehydes is 1. The van der Waals surface area contributed by atoms with Crippen LogP contribution in [0.2, 0.25) is 0 Å². The molecule has 0 bridgehead atoms. The number of carbonyl (C=O) groups is 1. The maximum Gasteiger partial charge on any atom is 0.152 e. The van der Waals surface area contributed by atoms with Crippen molar-refractivity contribution in [3.8, 4) is 11.3 Å². The van der Waals surface area contributed by atoms with Crippen LogP contribution in [-0.4, -0.2) is 11.3 Å². The molecular weight excluding hydrogens is 260 g/mol. The number of nitrogens with one attached hydrogen (secondary N) is 1. The molecule has 4 heteroatoms. The lowest BCUT2D eigenvalue weighted by molar-refractivity contribution is 0.112. The third-order valence-corrected chi connectivity index (χ3v) is 3.39. The second kappa shape index (κ2) is 4.56. The van der Waals surface area contributed by atoms with Crippen LogP contribution in [-0.2, 0) is 0 Å². The summed E-state index contributed by atoms with van der Waals surface area (Å²) in [7, 11) is 0. The molecule has 20 heavy (non-hydrogen) atoms. The molecule has 0 aliphatic rings. The van der Waals surface area contributed by atoms with Crippen LogP contribution in [0.15, 0.2) is 36.4 Å². The molecule has 0 aliphatic carbocycles. The van der Waals surface area contributed by atoms with Gasteiger partial charge in [-0.25, -0.2) is 8.78 Å². The first kappa shape index (κ1) is 12.5. The lowest BCUT2D eigenvalue weighted by atomic mass is 10.0. The molecule has 3 aromatic rings. The average Bonchev–Trinajstić information content (AvgIpc) is 2.77. The number of carbonyl (C=O) groups excluding carboxylic acids is 1. The molecule has 3 rings (SSSR count). The van der Waals surface area contributed by atoms with E-state index in [0.29, 0.717) is 12.0 Å². The van der Waals surface area contributed by atoms with Gasteiger partial charge in [0.1, 0.15) is 11.6 Å². The minimum Gasteiger partial charge on any atom is -0.354 e. The van der Waals surface area contributed by atoms with E-state index in [1.54, 1.807) is 0 Å². The Morgan fingerprint density at radius 1 is 1.15 bits per heavy atom. The van der Waals surface area contributed by atoms with Gasteiger partial charge in [-0.1, -0.05) is 24.3 Å². The van der Waals surface area contributed by atoms with Crippen molar-refractivity contribution in [3.63, 3.8) is 0 Å². The van der Waals surface area contributed by atoms with E-state index in [-0.39, 0.29) is 16.5 Å². The molecule has 2 nitrogen and oxygen atoms in total. The van der Waals surface area contributed by atoms with E-state index in [4.69, 9.17) is 0 Å². The number of rotatable bonds is 2. The van der Waals surface area contributed by atoms with Crippen LogP contribution in [0.1, 0.15) is 15.9 Å². The molecule has 1 heterocycles. The summed E-state index contributed by atoms with van der Waals surface area (Å²) in [5.74, 6) is -1.41. The predicted octanol–water partition coefficient (Wildman–Crippen LogP) is 4.23. The molecule has 1 N–H and O–H groups in total. The fourth-order valence-corrected chi connectivity index (χ4v) is 2.46. The number of hydrogen-bond donors (Lipinski definition) is 1. The first-order valence-corrected chi connectivity index (χ1v) is 6.13. The summed E-state index contributed by atoms with van der Waals surface area (Å²) in [6.45, 7) is 1.90. The van der Waals surface area contributed by atoms with Gasteiger partial charge >= 0.3 is 0 Å². The zero-order valence-electron chi connectivity index (χ0n) is 10.7. The monoisotopic (exact) mass is 271 g/mol. The first-order chi connectivity index (χ1) is 9.61. The predicted molar refractivity (Wildman–Crippen MR) is 73.8 cm³/mol. The first-order valence-electron chi connectivity index (χ1n) is 6.13. The molecule has 100 valence electrons. The highest BCUT2D eigenvalue weighted by Gasteiger charge is 2.17. The van der Waals surface area contributed by atoms with Crippen molar-refractivity contribution < 1.29 is 13.6 Å². The van der Waals surface area contributed by atoms with Crippen molar-refractivity contribution in [2.24, 2.45) is 0 Å². The Labute approximate surface area is 114 Å². The van der Waals surface area contributed by atoms with Gasteiger partial charge < -0.3 is 4.98 Å². The third-order valence-electron chi connectivity index (χ3n) is 3.39. The van der Waals surface area contributed by atoms with E-state index in [0.717, 1.165) is 17.2 Å². The van der Waals surface area contributed by atoms with Crippen molar-refractivity contribution in [2.75, 3.05) is 0 Å². The van der Waals surface area contributed by atoms with Gasteiger partial charge in [-0.3, -0.25) is 4.79 Å². The van der Waals surface area contributed by atoms with Crippen LogP contribution < -0.4 is 0 Å². The number of aromatic amines is 1. The quantitative estimate of drug-likeness (QED) is 0.695. The summed E-state index contributed by atoms with van der Waals surface area (Å²) in [5.41, 5.74) is 2.75. The maximum atomic E-state index is 13.9. The molecular formula is C16H11F2NO. The Morgan fingerprint density at radius 2 is 1.90 bits per heavy atom. The highest BCUT2D eigenvalue weighted by atomic mass is 19.1. The second-order valence-electron chi connectivity index (χ2n) is 4.66. The number of halogens is 2. The van der Waals surface area contributed by atoms with E-state index in [2.05, 4.69) is 4.98 Å². The molecule has 0 spiro atoms. The third kappa shape index (κ3) is 1.81. The summed E-state index contributed by atoms with van der Waals surface area (Å²) < 4.78 is 27.2. The normalized spacial score (nSPS) is 10.9. The van der Waals surface area contributed by atoms with Gasteiger partial charge in [-0.2, -0.15) is 0 Å². The summed E-state index contributed by atoms with van der Waals surface area (Å²) in [6.07, 6.45) is 0.599. The zero-order chi connectivity index (χ0) is 14.3. The van der Waals surface area contributed by atoms with E-state index < -0.39 is 11.6 Å². The number of H-pyrrole nitrogens is 1. The van der Waals surface area contributed by atoms with Gasteiger partial charge in [0.25, 0.3) is 0 Å². The van der Waals surface area contributed by atoms with E-state index in [1.165, 1.54) is 6.07 Å². The van der Waals surface area contributed by atoms with Crippen LogP contribution in [0.25, 0.3) is 22.2 Å². The van der Waals surface area contributed by atoms with Crippen molar-refractivity contribution in [3.05, 3.63) is 59.2 Å². The van der Waals surface area contributed by atoms with E-state index in [1.807, 2.05) is 31.2 Å². The van der Waals surface area contributed by atoms with Gasteiger partial charge in [0.2, 0.25) is 0 Å². The SMILES string of the molecule is Cc1ccccc1-c1[nH]c2cc(F)cc(F)c2c1C=O. The summed E-state index contributed by atoms with van der Waals surface area (Å²) >= 11 is 0. The number of aromatic nitrogens is 1. The summed E-state index contributed by atoms with van der Waals surface area (Å²) in [5, 5.41) is 0.125. The number of fused-ring (bicyclic) bond motifs is 1. The van der Waals surface area contributed by atoms with Crippen LogP contribution in [0.3, 0.4) is 0 Å². The van der Waals surface area contributed by atoms with Crippen LogP contribution >= 0.6 is 0 Å². The standard InChI is InChI=1S/C16H11F2NO/c1-9-4-2-3-5-11(9)16-12(8-20)15-13(18)6-10(17)7-14(15)19-16/h2-8,19H,1H3. The molecule has 0 radical (unpaired) electrons. The zero-order valence-corrected chi connectivity index (χ0v) is 10.7. The molecule has 0 saturated heterocycles. The number of benzene rings is 2. The van der Waals surface area contributed by atoms with Crippen molar-refractivity contribution in [1.82, 2.24) is 4.98 Å².